The van der Waals surface area contributed by atoms with Gasteiger partial charge in [-0.15, -0.1) is 6.58 Å². The third-order valence-electron chi connectivity index (χ3n) is 3.62. The Kier molecular flexibility index (Phi) is 4.30. The molecule has 0 aromatic heterocycles. The van der Waals surface area contributed by atoms with Gasteiger partial charge >= 0.3 is 0 Å². The van der Waals surface area contributed by atoms with Crippen molar-refractivity contribution in [2.75, 3.05) is 0 Å². The molecule has 0 bridgehead atoms. The van der Waals surface area contributed by atoms with Gasteiger partial charge in [0.15, 0.2) is 0 Å². The molecule has 0 N–H and O–H groups in total. The highest BCUT2D eigenvalue weighted by molar-refractivity contribution is 5.83. The van der Waals surface area contributed by atoms with Crippen molar-refractivity contribution < 1.29 is 4.79 Å². The maximum absolute atomic E-state index is 11.6. The van der Waals surface area contributed by atoms with Gasteiger partial charge < -0.3 is 0 Å². The van der Waals surface area contributed by atoms with Crippen molar-refractivity contribution in [1.29, 1.82) is 5.26 Å². The number of allylic oxidation sites excluding steroid dienone is 2. The molecule has 1 aromatic rings. The van der Waals surface area contributed by atoms with Gasteiger partial charge in [0.2, 0.25) is 0 Å². The standard InChI is InChI=1S/C17H17NO/c1-2-16-11-14(9-10-17(16)19)6-3-13-4-7-15(12-18)8-5-13/h2-8,14,16H,1,9-11H2. The zero-order chi connectivity index (χ0) is 13.7. The van der Waals surface area contributed by atoms with E-state index in [0.717, 1.165) is 18.4 Å². The second-order valence-electron chi connectivity index (χ2n) is 4.94. The zero-order valence-corrected chi connectivity index (χ0v) is 10.9. The summed E-state index contributed by atoms with van der Waals surface area (Å²) in [4.78, 5) is 11.6. The van der Waals surface area contributed by atoms with E-state index in [1.165, 1.54) is 0 Å². The molecule has 0 saturated heterocycles. The molecular weight excluding hydrogens is 234 g/mol. The highest BCUT2D eigenvalue weighted by Gasteiger charge is 2.24. The average Bonchev–Trinajstić information content (AvgIpc) is 2.47. The zero-order valence-electron chi connectivity index (χ0n) is 10.9. The Bertz CT molecular complexity index is 533. The van der Waals surface area contributed by atoms with E-state index in [4.69, 9.17) is 5.26 Å². The van der Waals surface area contributed by atoms with Gasteiger partial charge in [0.05, 0.1) is 11.6 Å². The van der Waals surface area contributed by atoms with Gasteiger partial charge in [-0.1, -0.05) is 30.4 Å². The minimum Gasteiger partial charge on any atom is -0.299 e. The predicted molar refractivity (Wildman–Crippen MR) is 76.2 cm³/mol. The molecule has 1 saturated carbocycles. The van der Waals surface area contributed by atoms with Gasteiger partial charge in [0, 0.05) is 12.3 Å². The molecule has 96 valence electrons. The first-order valence-corrected chi connectivity index (χ1v) is 6.56. The van der Waals surface area contributed by atoms with Crippen LogP contribution in [-0.4, -0.2) is 5.78 Å². The molecule has 2 heteroatoms. The molecule has 2 atom stereocenters. The lowest BCUT2D eigenvalue weighted by atomic mass is 9.80. The van der Waals surface area contributed by atoms with Crippen molar-refractivity contribution >= 4 is 11.9 Å². The summed E-state index contributed by atoms with van der Waals surface area (Å²) in [6.45, 7) is 3.73. The van der Waals surface area contributed by atoms with E-state index in [0.29, 0.717) is 23.7 Å². The molecule has 0 aliphatic heterocycles. The fraction of sp³-hybridized carbons (Fsp3) is 0.294. The first-order chi connectivity index (χ1) is 9.22. The average molecular weight is 251 g/mol. The fourth-order valence-electron chi connectivity index (χ4n) is 2.41. The summed E-state index contributed by atoms with van der Waals surface area (Å²) >= 11 is 0. The molecule has 1 aliphatic rings. The fourth-order valence-corrected chi connectivity index (χ4v) is 2.41. The Balaban J connectivity index is 2.00. The summed E-state index contributed by atoms with van der Waals surface area (Å²) in [5, 5.41) is 8.73. The molecule has 0 spiro atoms. The topological polar surface area (TPSA) is 40.9 Å². The first-order valence-electron chi connectivity index (χ1n) is 6.56. The van der Waals surface area contributed by atoms with Crippen LogP contribution in [0.4, 0.5) is 0 Å². The predicted octanol–water partition coefficient (Wildman–Crippen LogP) is 3.74. The van der Waals surface area contributed by atoms with Gasteiger partial charge in [-0.2, -0.15) is 5.26 Å². The van der Waals surface area contributed by atoms with E-state index in [2.05, 4.69) is 24.8 Å². The van der Waals surface area contributed by atoms with Crippen LogP contribution in [0.5, 0.6) is 0 Å². The Morgan fingerprint density at radius 2 is 2.05 bits per heavy atom. The van der Waals surface area contributed by atoms with E-state index in [1.54, 1.807) is 6.08 Å². The van der Waals surface area contributed by atoms with Crippen molar-refractivity contribution in [3.05, 3.63) is 54.1 Å². The Hall–Kier alpha value is -2.14. The molecule has 2 nitrogen and oxygen atoms in total. The van der Waals surface area contributed by atoms with Crippen molar-refractivity contribution in [1.82, 2.24) is 0 Å². The van der Waals surface area contributed by atoms with Gasteiger partial charge in [0.25, 0.3) is 0 Å². The number of nitriles is 1. The summed E-state index contributed by atoms with van der Waals surface area (Å²) in [5.74, 6) is 0.777. The Morgan fingerprint density at radius 3 is 2.68 bits per heavy atom. The van der Waals surface area contributed by atoms with E-state index in [-0.39, 0.29) is 5.92 Å². The van der Waals surface area contributed by atoms with Gasteiger partial charge in [-0.3, -0.25) is 4.79 Å². The lowest BCUT2D eigenvalue weighted by Crippen LogP contribution is -2.22. The van der Waals surface area contributed by atoms with Crippen LogP contribution in [0.25, 0.3) is 6.08 Å². The van der Waals surface area contributed by atoms with Gasteiger partial charge in [0.1, 0.15) is 5.78 Å². The molecule has 0 amide bonds. The molecule has 0 heterocycles. The lowest BCUT2D eigenvalue weighted by Gasteiger charge is -2.23. The molecule has 19 heavy (non-hydrogen) atoms. The summed E-state index contributed by atoms with van der Waals surface area (Å²) in [5.41, 5.74) is 1.76. The number of rotatable bonds is 3. The quantitative estimate of drug-likeness (QED) is 0.768. The maximum atomic E-state index is 11.6. The minimum absolute atomic E-state index is 0.0179. The third kappa shape index (κ3) is 3.42. The molecule has 0 radical (unpaired) electrons. The Morgan fingerprint density at radius 1 is 1.32 bits per heavy atom. The van der Waals surface area contributed by atoms with Crippen molar-refractivity contribution in [3.8, 4) is 6.07 Å². The summed E-state index contributed by atoms with van der Waals surface area (Å²) in [6, 6.07) is 9.61. The number of carbonyl (C=O) groups excluding carboxylic acids is 1. The van der Waals surface area contributed by atoms with Crippen LogP contribution >= 0.6 is 0 Å². The highest BCUT2D eigenvalue weighted by Crippen LogP contribution is 2.28. The number of hydrogen-bond acceptors (Lipinski definition) is 2. The van der Waals surface area contributed by atoms with E-state index in [1.807, 2.05) is 24.3 Å². The van der Waals surface area contributed by atoms with Crippen LogP contribution in [0.1, 0.15) is 30.4 Å². The van der Waals surface area contributed by atoms with E-state index >= 15 is 0 Å². The largest absolute Gasteiger partial charge is 0.299 e. The van der Waals surface area contributed by atoms with E-state index in [9.17, 15) is 4.79 Å². The van der Waals surface area contributed by atoms with Crippen molar-refractivity contribution in [3.63, 3.8) is 0 Å². The molecule has 1 aromatic carbocycles. The third-order valence-corrected chi connectivity index (χ3v) is 3.62. The lowest BCUT2D eigenvalue weighted by molar-refractivity contribution is -0.123. The van der Waals surface area contributed by atoms with Crippen LogP contribution in [0, 0.1) is 23.2 Å². The van der Waals surface area contributed by atoms with Crippen LogP contribution in [0.15, 0.2) is 43.0 Å². The van der Waals surface area contributed by atoms with Crippen molar-refractivity contribution in [2.45, 2.75) is 19.3 Å². The summed E-state index contributed by atoms with van der Waals surface area (Å²) in [7, 11) is 0. The molecule has 1 aliphatic carbocycles. The van der Waals surface area contributed by atoms with Crippen LogP contribution in [0.2, 0.25) is 0 Å². The molecule has 2 rings (SSSR count). The smallest absolute Gasteiger partial charge is 0.139 e. The normalized spacial score (nSPS) is 23.2. The molecule has 2 unspecified atom stereocenters. The number of ketones is 1. The number of hydrogen-bond donors (Lipinski definition) is 0. The first kappa shape index (κ1) is 13.3. The second kappa shape index (κ2) is 6.15. The number of benzene rings is 1. The van der Waals surface area contributed by atoms with Crippen molar-refractivity contribution in [2.24, 2.45) is 11.8 Å². The SMILES string of the molecule is C=CC1CC(C=Cc2ccc(C#N)cc2)CCC1=O. The van der Waals surface area contributed by atoms with Crippen LogP contribution in [0.3, 0.4) is 0 Å². The monoisotopic (exact) mass is 251 g/mol. The van der Waals surface area contributed by atoms with E-state index < -0.39 is 0 Å². The summed E-state index contributed by atoms with van der Waals surface area (Å²) < 4.78 is 0. The highest BCUT2D eigenvalue weighted by atomic mass is 16.1. The van der Waals surface area contributed by atoms with Crippen LogP contribution < -0.4 is 0 Å². The van der Waals surface area contributed by atoms with Crippen LogP contribution in [-0.2, 0) is 4.79 Å². The molecular formula is C17H17NO. The maximum Gasteiger partial charge on any atom is 0.139 e. The minimum atomic E-state index is 0.0179. The number of nitrogens with zero attached hydrogens (tertiary/aromatic N) is 1. The summed E-state index contributed by atoms with van der Waals surface area (Å²) in [6.07, 6.45) is 8.46. The van der Waals surface area contributed by atoms with Gasteiger partial charge in [-0.05, 0) is 36.5 Å². The Labute approximate surface area is 114 Å². The second-order valence-corrected chi connectivity index (χ2v) is 4.94. The molecule has 1 fully saturated rings. The van der Waals surface area contributed by atoms with Gasteiger partial charge in [-0.25, -0.2) is 0 Å². The number of Topliss-reactive ketones (excluding diaryl/α,β-unsaturated/α-hetero) is 1. The number of carbonyl (C=O) groups is 1.